The lowest BCUT2D eigenvalue weighted by Crippen LogP contribution is -2.54. The van der Waals surface area contributed by atoms with Gasteiger partial charge in [0, 0.05) is 44.3 Å². The van der Waals surface area contributed by atoms with E-state index < -0.39 is 0 Å². The summed E-state index contributed by atoms with van der Waals surface area (Å²) in [6.45, 7) is 8.65. The number of nitrogens with zero attached hydrogens (tertiary/aromatic N) is 3. The van der Waals surface area contributed by atoms with E-state index >= 15 is 0 Å². The first-order valence-electron chi connectivity index (χ1n) is 8.80. The zero-order chi connectivity index (χ0) is 16.9. The molecule has 5 nitrogen and oxygen atoms in total. The Bertz CT molecular complexity index is 627. The third-order valence-electron chi connectivity index (χ3n) is 4.62. The van der Waals surface area contributed by atoms with E-state index in [-0.39, 0.29) is 6.10 Å². The highest BCUT2D eigenvalue weighted by atomic mass is 16.3. The Hall–Kier alpha value is -1.69. The first-order chi connectivity index (χ1) is 11.7. The summed E-state index contributed by atoms with van der Waals surface area (Å²) in [6.07, 6.45) is 2.59. The largest absolute Gasteiger partial charge is 0.444 e. The number of hydrogen-bond donors (Lipinski definition) is 1. The molecule has 1 aromatic carbocycles. The first kappa shape index (κ1) is 17.1. The molecule has 1 aliphatic rings. The molecule has 2 aromatic rings. The standard InChI is InChI=1S/C19H27N3O2/c1-3-18-13-21(9-10-22(18)11-15(2)23)12-17-14-24-19(20-17)16-7-5-4-6-8-16/h4-8,14-15,18,23H,3,9-13H2,1-2H3/t15-,18-/m0/s1. The van der Waals surface area contributed by atoms with Gasteiger partial charge in [-0.2, -0.15) is 0 Å². The molecule has 5 heteroatoms. The van der Waals surface area contributed by atoms with E-state index in [9.17, 15) is 5.11 Å². The number of oxazole rings is 1. The van der Waals surface area contributed by atoms with Gasteiger partial charge in [0.05, 0.1) is 11.8 Å². The van der Waals surface area contributed by atoms with Crippen LogP contribution < -0.4 is 0 Å². The van der Waals surface area contributed by atoms with Crippen LogP contribution in [-0.2, 0) is 6.54 Å². The monoisotopic (exact) mass is 329 g/mol. The Morgan fingerprint density at radius 2 is 2.08 bits per heavy atom. The van der Waals surface area contributed by atoms with Crippen molar-refractivity contribution in [2.75, 3.05) is 26.2 Å². The molecule has 0 radical (unpaired) electrons. The zero-order valence-corrected chi connectivity index (χ0v) is 14.6. The predicted molar refractivity (Wildman–Crippen MR) is 94.5 cm³/mol. The molecule has 130 valence electrons. The van der Waals surface area contributed by atoms with Gasteiger partial charge in [-0.15, -0.1) is 0 Å². The molecule has 2 atom stereocenters. The van der Waals surface area contributed by atoms with Gasteiger partial charge in [-0.05, 0) is 25.5 Å². The fourth-order valence-corrected chi connectivity index (χ4v) is 3.39. The Morgan fingerprint density at radius 3 is 2.79 bits per heavy atom. The van der Waals surface area contributed by atoms with E-state index in [1.165, 1.54) is 0 Å². The van der Waals surface area contributed by atoms with E-state index in [1.54, 1.807) is 6.26 Å². The van der Waals surface area contributed by atoms with Crippen LogP contribution in [0.2, 0.25) is 0 Å². The number of aliphatic hydroxyl groups excluding tert-OH is 1. The highest BCUT2D eigenvalue weighted by Gasteiger charge is 2.26. The summed E-state index contributed by atoms with van der Waals surface area (Å²) >= 11 is 0. The second-order valence-electron chi connectivity index (χ2n) is 6.65. The van der Waals surface area contributed by atoms with Crippen molar-refractivity contribution < 1.29 is 9.52 Å². The number of β-amino-alcohol motifs (C(OH)–C–C–N with tert-alkyl or cyclic N) is 1. The molecule has 0 spiro atoms. The average Bonchev–Trinajstić information content (AvgIpc) is 3.05. The molecule has 0 saturated carbocycles. The molecule has 1 N–H and O–H groups in total. The zero-order valence-electron chi connectivity index (χ0n) is 14.6. The summed E-state index contributed by atoms with van der Waals surface area (Å²) in [5.74, 6) is 0.686. The van der Waals surface area contributed by atoms with Crippen molar-refractivity contribution in [1.29, 1.82) is 0 Å². The summed E-state index contributed by atoms with van der Waals surface area (Å²) < 4.78 is 5.64. The average molecular weight is 329 g/mol. The molecule has 24 heavy (non-hydrogen) atoms. The molecule has 3 rings (SSSR count). The maximum absolute atomic E-state index is 9.65. The fourth-order valence-electron chi connectivity index (χ4n) is 3.39. The quantitative estimate of drug-likeness (QED) is 0.883. The summed E-state index contributed by atoms with van der Waals surface area (Å²) in [5.41, 5.74) is 1.99. The highest BCUT2D eigenvalue weighted by Crippen LogP contribution is 2.20. The van der Waals surface area contributed by atoms with Crippen LogP contribution in [0.5, 0.6) is 0 Å². The van der Waals surface area contributed by atoms with Crippen LogP contribution in [0.25, 0.3) is 11.5 Å². The van der Waals surface area contributed by atoms with Crippen molar-refractivity contribution in [3.8, 4) is 11.5 Å². The van der Waals surface area contributed by atoms with Crippen molar-refractivity contribution >= 4 is 0 Å². The molecule has 1 aliphatic heterocycles. The van der Waals surface area contributed by atoms with Crippen molar-refractivity contribution in [2.24, 2.45) is 0 Å². The maximum atomic E-state index is 9.65. The Kier molecular flexibility index (Phi) is 5.66. The molecular formula is C19H27N3O2. The van der Waals surface area contributed by atoms with Gasteiger partial charge in [-0.3, -0.25) is 9.80 Å². The molecule has 1 saturated heterocycles. The molecular weight excluding hydrogens is 302 g/mol. The van der Waals surface area contributed by atoms with Gasteiger partial charge in [0.15, 0.2) is 0 Å². The minimum atomic E-state index is -0.269. The number of benzene rings is 1. The Balaban J connectivity index is 1.60. The van der Waals surface area contributed by atoms with Crippen molar-refractivity contribution in [2.45, 2.75) is 39.0 Å². The minimum absolute atomic E-state index is 0.269. The lowest BCUT2D eigenvalue weighted by Gasteiger charge is -2.41. The van der Waals surface area contributed by atoms with Gasteiger partial charge in [-0.25, -0.2) is 4.98 Å². The summed E-state index contributed by atoms with van der Waals surface area (Å²) in [6, 6.07) is 10.5. The number of hydrogen-bond acceptors (Lipinski definition) is 5. The number of piperazine rings is 1. The van der Waals surface area contributed by atoms with Crippen LogP contribution in [-0.4, -0.2) is 58.2 Å². The van der Waals surface area contributed by atoms with Crippen LogP contribution in [0, 0.1) is 0 Å². The molecule has 0 bridgehead atoms. The van der Waals surface area contributed by atoms with Crippen LogP contribution >= 0.6 is 0 Å². The summed E-state index contributed by atoms with van der Waals surface area (Å²) in [4.78, 5) is 9.46. The lowest BCUT2D eigenvalue weighted by atomic mass is 10.1. The third-order valence-corrected chi connectivity index (χ3v) is 4.62. The second kappa shape index (κ2) is 7.92. The molecule has 0 aliphatic carbocycles. The maximum Gasteiger partial charge on any atom is 0.226 e. The Morgan fingerprint density at radius 1 is 1.29 bits per heavy atom. The number of aliphatic hydroxyl groups is 1. The molecule has 1 fully saturated rings. The minimum Gasteiger partial charge on any atom is -0.444 e. The third kappa shape index (κ3) is 4.23. The lowest BCUT2D eigenvalue weighted by molar-refractivity contribution is 0.0333. The fraction of sp³-hybridized carbons (Fsp3) is 0.526. The van der Waals surface area contributed by atoms with Gasteiger partial charge < -0.3 is 9.52 Å². The van der Waals surface area contributed by atoms with Crippen LogP contribution in [0.3, 0.4) is 0 Å². The first-order valence-corrected chi connectivity index (χ1v) is 8.80. The van der Waals surface area contributed by atoms with E-state index in [1.807, 2.05) is 37.3 Å². The summed E-state index contributed by atoms with van der Waals surface area (Å²) in [7, 11) is 0. The van der Waals surface area contributed by atoms with Gasteiger partial charge in [0.25, 0.3) is 0 Å². The van der Waals surface area contributed by atoms with E-state index in [0.717, 1.165) is 50.4 Å². The molecule has 2 heterocycles. The van der Waals surface area contributed by atoms with Gasteiger partial charge >= 0.3 is 0 Å². The number of aromatic nitrogens is 1. The topological polar surface area (TPSA) is 52.7 Å². The van der Waals surface area contributed by atoms with Gasteiger partial charge in [0.1, 0.15) is 6.26 Å². The van der Waals surface area contributed by atoms with E-state index in [4.69, 9.17) is 4.42 Å². The van der Waals surface area contributed by atoms with Crippen molar-refractivity contribution in [3.63, 3.8) is 0 Å². The normalized spacial score (nSPS) is 21.0. The highest BCUT2D eigenvalue weighted by molar-refractivity contribution is 5.52. The summed E-state index contributed by atoms with van der Waals surface area (Å²) in [5, 5.41) is 9.65. The van der Waals surface area contributed by atoms with Crippen molar-refractivity contribution in [3.05, 3.63) is 42.3 Å². The molecule has 0 amide bonds. The van der Waals surface area contributed by atoms with E-state index in [2.05, 4.69) is 21.7 Å². The van der Waals surface area contributed by atoms with Crippen LogP contribution in [0.1, 0.15) is 26.0 Å². The number of rotatable bonds is 6. The van der Waals surface area contributed by atoms with E-state index in [0.29, 0.717) is 11.9 Å². The van der Waals surface area contributed by atoms with Crippen LogP contribution in [0.15, 0.2) is 41.0 Å². The molecule has 1 aromatic heterocycles. The Labute approximate surface area is 143 Å². The van der Waals surface area contributed by atoms with Gasteiger partial charge in [0.2, 0.25) is 5.89 Å². The van der Waals surface area contributed by atoms with Crippen molar-refractivity contribution in [1.82, 2.24) is 14.8 Å². The van der Waals surface area contributed by atoms with Gasteiger partial charge in [-0.1, -0.05) is 25.1 Å². The predicted octanol–water partition coefficient (Wildman–Crippen LogP) is 2.62. The smallest absolute Gasteiger partial charge is 0.226 e. The second-order valence-corrected chi connectivity index (χ2v) is 6.65. The van der Waals surface area contributed by atoms with Crippen LogP contribution in [0.4, 0.5) is 0 Å². The SMILES string of the molecule is CC[C@H]1CN(Cc2coc(-c3ccccc3)n2)CCN1C[C@H](C)O. The molecule has 0 unspecified atom stereocenters.